The Labute approximate surface area is 121 Å². The Kier molecular flexibility index (Phi) is 5.88. The summed E-state index contributed by atoms with van der Waals surface area (Å²) in [6.07, 6.45) is 0.302. The lowest BCUT2D eigenvalue weighted by atomic mass is 10.2. The number of nitrogens with one attached hydrogen (secondary N) is 1. The highest BCUT2D eigenvalue weighted by molar-refractivity contribution is 7.89. The van der Waals surface area contributed by atoms with Crippen LogP contribution in [0.4, 0.5) is 5.69 Å². The highest BCUT2D eigenvalue weighted by Crippen LogP contribution is 2.26. The van der Waals surface area contributed by atoms with Crippen molar-refractivity contribution in [2.24, 2.45) is 0 Å². The van der Waals surface area contributed by atoms with Crippen LogP contribution in [0.5, 0.6) is 0 Å². The van der Waals surface area contributed by atoms with E-state index in [0.717, 1.165) is 12.1 Å². The third-order valence-electron chi connectivity index (χ3n) is 2.54. The second kappa shape index (κ2) is 6.98. The fourth-order valence-corrected chi connectivity index (χ4v) is 2.97. The van der Waals surface area contributed by atoms with E-state index >= 15 is 0 Å². The van der Waals surface area contributed by atoms with E-state index in [1.165, 1.54) is 6.07 Å². The molecule has 0 aliphatic heterocycles. The molecule has 0 aliphatic rings. The third-order valence-corrected chi connectivity index (χ3v) is 4.24. The first kappa shape index (κ1) is 16.8. The van der Waals surface area contributed by atoms with E-state index < -0.39 is 31.6 Å². The molecule has 0 bridgehead atoms. The molecule has 2 N–H and O–H groups in total. The quantitative estimate of drug-likeness (QED) is 0.586. The highest BCUT2D eigenvalue weighted by atomic mass is 35.5. The van der Waals surface area contributed by atoms with Gasteiger partial charge >= 0.3 is 0 Å². The summed E-state index contributed by atoms with van der Waals surface area (Å²) >= 11 is 5.62. The van der Waals surface area contributed by atoms with Gasteiger partial charge in [0.1, 0.15) is 0 Å². The van der Waals surface area contributed by atoms with Crippen molar-refractivity contribution in [2.75, 3.05) is 6.54 Å². The molecular formula is C11H15ClN2O5S. The van der Waals surface area contributed by atoms with Gasteiger partial charge in [0.15, 0.2) is 4.90 Å². The summed E-state index contributed by atoms with van der Waals surface area (Å²) in [4.78, 5) is 9.57. The summed E-state index contributed by atoms with van der Waals surface area (Å²) in [6, 6.07) is 3.29. The molecule has 0 saturated heterocycles. The Balaban J connectivity index is 3.01. The Morgan fingerprint density at radius 3 is 2.70 bits per heavy atom. The van der Waals surface area contributed by atoms with Gasteiger partial charge in [-0.2, -0.15) is 0 Å². The largest absolute Gasteiger partial charge is 0.392 e. The van der Waals surface area contributed by atoms with Gasteiger partial charge in [-0.25, -0.2) is 13.1 Å². The predicted octanol–water partition coefficient (Wildman–Crippen LogP) is 1.69. The second-order valence-electron chi connectivity index (χ2n) is 4.16. The average molecular weight is 323 g/mol. The Morgan fingerprint density at radius 1 is 1.50 bits per heavy atom. The molecule has 0 aliphatic carbocycles. The maximum atomic E-state index is 12.0. The second-order valence-corrected chi connectivity index (χ2v) is 6.34. The molecule has 0 amide bonds. The van der Waals surface area contributed by atoms with Crippen LogP contribution >= 0.6 is 11.6 Å². The van der Waals surface area contributed by atoms with Crippen LogP contribution in [0.3, 0.4) is 0 Å². The Morgan fingerprint density at radius 2 is 2.15 bits per heavy atom. The van der Waals surface area contributed by atoms with Crippen molar-refractivity contribution >= 4 is 27.3 Å². The summed E-state index contributed by atoms with van der Waals surface area (Å²) in [5, 5.41) is 20.4. The normalized spacial score (nSPS) is 13.2. The van der Waals surface area contributed by atoms with Crippen molar-refractivity contribution in [3.63, 3.8) is 0 Å². The van der Waals surface area contributed by atoms with Crippen LogP contribution in [0, 0.1) is 10.1 Å². The van der Waals surface area contributed by atoms with Crippen LogP contribution in [-0.4, -0.2) is 31.1 Å². The molecule has 1 aromatic rings. The molecule has 20 heavy (non-hydrogen) atoms. The van der Waals surface area contributed by atoms with Gasteiger partial charge in [-0.3, -0.25) is 10.1 Å². The number of aliphatic hydroxyl groups excluding tert-OH is 1. The summed E-state index contributed by atoms with van der Waals surface area (Å²) < 4.78 is 26.2. The van der Waals surface area contributed by atoms with Crippen molar-refractivity contribution < 1.29 is 18.4 Å². The van der Waals surface area contributed by atoms with Crippen LogP contribution < -0.4 is 4.72 Å². The number of sulfonamides is 1. The van der Waals surface area contributed by atoms with Gasteiger partial charge in [0.25, 0.3) is 5.69 Å². The monoisotopic (exact) mass is 322 g/mol. The molecule has 1 rings (SSSR count). The number of rotatable bonds is 7. The zero-order chi connectivity index (χ0) is 15.3. The van der Waals surface area contributed by atoms with Crippen LogP contribution in [0.2, 0.25) is 5.02 Å². The lowest BCUT2D eigenvalue weighted by Crippen LogP contribution is -2.32. The molecule has 9 heteroatoms. The molecule has 7 nitrogen and oxygen atoms in total. The summed E-state index contributed by atoms with van der Waals surface area (Å²) in [5.41, 5.74) is -0.602. The number of aliphatic hydroxyl groups is 1. The standard InChI is InChI=1S/C11H15ClN2O5S/c1-2-3-9(15)7-13-20(18,19)11-5-4-8(12)6-10(11)14(16)17/h4-6,9,13,15H,2-3,7H2,1H3. The van der Waals surface area contributed by atoms with Gasteiger partial charge in [0.05, 0.1) is 11.0 Å². The van der Waals surface area contributed by atoms with E-state index in [0.29, 0.717) is 12.8 Å². The minimum absolute atomic E-state index is 0.0710. The number of hydrogen-bond donors (Lipinski definition) is 2. The topological polar surface area (TPSA) is 110 Å². The fraction of sp³-hybridized carbons (Fsp3) is 0.455. The SMILES string of the molecule is CCCC(O)CNS(=O)(=O)c1ccc(Cl)cc1[N+](=O)[O-]. The number of nitrogens with zero attached hydrogens (tertiary/aromatic N) is 1. The van der Waals surface area contributed by atoms with E-state index in [9.17, 15) is 23.6 Å². The maximum absolute atomic E-state index is 12.0. The summed E-state index contributed by atoms with van der Waals surface area (Å²) in [7, 11) is -4.08. The van der Waals surface area contributed by atoms with Gasteiger partial charge < -0.3 is 5.11 Å². The molecule has 0 spiro atoms. The summed E-state index contributed by atoms with van der Waals surface area (Å²) in [5.74, 6) is 0. The molecule has 1 aromatic carbocycles. The molecule has 1 unspecified atom stereocenters. The van der Waals surface area contributed by atoms with Crippen molar-refractivity contribution in [1.29, 1.82) is 0 Å². The number of hydrogen-bond acceptors (Lipinski definition) is 5. The zero-order valence-electron chi connectivity index (χ0n) is 10.7. The van der Waals surface area contributed by atoms with Crippen molar-refractivity contribution in [3.8, 4) is 0 Å². The molecule has 1 atom stereocenters. The molecule has 0 saturated carbocycles. The smallest absolute Gasteiger partial charge is 0.290 e. The third kappa shape index (κ3) is 4.41. The highest BCUT2D eigenvalue weighted by Gasteiger charge is 2.26. The van der Waals surface area contributed by atoms with Gasteiger partial charge in [-0.1, -0.05) is 24.9 Å². The van der Waals surface area contributed by atoms with E-state index in [2.05, 4.69) is 4.72 Å². The van der Waals surface area contributed by atoms with Crippen LogP contribution in [-0.2, 0) is 10.0 Å². The number of nitro benzene ring substituents is 1. The van der Waals surface area contributed by atoms with E-state index in [-0.39, 0.29) is 11.6 Å². The van der Waals surface area contributed by atoms with Crippen molar-refractivity contribution in [2.45, 2.75) is 30.8 Å². The maximum Gasteiger partial charge on any atom is 0.290 e. The first-order chi connectivity index (χ1) is 9.27. The van der Waals surface area contributed by atoms with Gasteiger partial charge in [-0.15, -0.1) is 0 Å². The molecule has 0 heterocycles. The number of nitro groups is 1. The van der Waals surface area contributed by atoms with Crippen molar-refractivity contribution in [3.05, 3.63) is 33.3 Å². The lowest BCUT2D eigenvalue weighted by molar-refractivity contribution is -0.387. The first-order valence-electron chi connectivity index (χ1n) is 5.89. The predicted molar refractivity (Wildman–Crippen MR) is 74.2 cm³/mol. The van der Waals surface area contributed by atoms with E-state index in [1.807, 2.05) is 6.92 Å². The molecule has 112 valence electrons. The average Bonchev–Trinajstić information content (AvgIpc) is 2.36. The number of benzene rings is 1. The first-order valence-corrected chi connectivity index (χ1v) is 7.75. The molecule has 0 fully saturated rings. The minimum Gasteiger partial charge on any atom is -0.392 e. The fourth-order valence-electron chi connectivity index (χ4n) is 1.58. The van der Waals surface area contributed by atoms with Crippen LogP contribution in [0.25, 0.3) is 0 Å². The van der Waals surface area contributed by atoms with Gasteiger partial charge in [0, 0.05) is 17.6 Å². The molecule has 0 aromatic heterocycles. The lowest BCUT2D eigenvalue weighted by Gasteiger charge is -2.11. The Hall–Kier alpha value is -1.22. The van der Waals surface area contributed by atoms with Gasteiger partial charge in [-0.05, 0) is 18.6 Å². The Bertz CT molecular complexity index is 590. The number of halogens is 1. The van der Waals surface area contributed by atoms with E-state index in [4.69, 9.17) is 11.6 Å². The van der Waals surface area contributed by atoms with Crippen molar-refractivity contribution in [1.82, 2.24) is 4.72 Å². The zero-order valence-corrected chi connectivity index (χ0v) is 12.3. The van der Waals surface area contributed by atoms with Crippen LogP contribution in [0.1, 0.15) is 19.8 Å². The summed E-state index contributed by atoms with van der Waals surface area (Å²) in [6.45, 7) is 1.65. The van der Waals surface area contributed by atoms with Crippen LogP contribution in [0.15, 0.2) is 23.1 Å². The van der Waals surface area contributed by atoms with E-state index in [1.54, 1.807) is 0 Å². The molecule has 0 radical (unpaired) electrons. The molecular weight excluding hydrogens is 308 g/mol. The minimum atomic E-state index is -4.08. The van der Waals surface area contributed by atoms with Gasteiger partial charge in [0.2, 0.25) is 10.0 Å².